The molecule has 0 saturated carbocycles. The molecule has 0 aliphatic carbocycles. The summed E-state index contributed by atoms with van der Waals surface area (Å²) in [6.45, 7) is 6.81. The lowest BCUT2D eigenvalue weighted by Gasteiger charge is -2.35. The van der Waals surface area contributed by atoms with E-state index in [1.54, 1.807) is 18.5 Å². The number of phenolic OH excluding ortho intramolecular Hbond substituents is 1. The van der Waals surface area contributed by atoms with Crippen molar-refractivity contribution in [1.82, 2.24) is 15.2 Å². The summed E-state index contributed by atoms with van der Waals surface area (Å²) in [5.74, 6) is 0.896. The molecule has 1 aromatic carbocycles. The first-order valence-corrected chi connectivity index (χ1v) is 9.24. The van der Waals surface area contributed by atoms with Crippen LogP contribution >= 0.6 is 0 Å². The third kappa shape index (κ3) is 3.57. The number of pyridine rings is 1. The second-order valence-electron chi connectivity index (χ2n) is 7.79. The number of nitrogens with one attached hydrogen (secondary N) is 1. The van der Waals surface area contributed by atoms with Gasteiger partial charge in [0.15, 0.2) is 5.82 Å². The van der Waals surface area contributed by atoms with Crippen molar-refractivity contribution < 1.29 is 9.84 Å². The molecule has 6 heteroatoms. The molecule has 6 nitrogen and oxygen atoms in total. The van der Waals surface area contributed by atoms with Crippen molar-refractivity contribution in [1.29, 1.82) is 0 Å². The van der Waals surface area contributed by atoms with Gasteiger partial charge in [0.25, 0.3) is 0 Å². The zero-order valence-electron chi connectivity index (χ0n) is 15.9. The van der Waals surface area contributed by atoms with Gasteiger partial charge in [-0.3, -0.25) is 4.98 Å². The van der Waals surface area contributed by atoms with Gasteiger partial charge in [-0.15, -0.1) is 10.2 Å². The standard InChI is InChI=1S/C21H24N4O2/c1-13-4-5-16(18(26)10-13)19-15-7-9-22-11-17(15)20(25-24-19)23-14-6-8-21(2,3)27-12-14/h4-5,7,9-11,14,26H,6,8,12H2,1-3H3,(H,23,25)/t14-/m1/s1. The van der Waals surface area contributed by atoms with Crippen molar-refractivity contribution in [3.63, 3.8) is 0 Å². The molecular formula is C21H24N4O2. The van der Waals surface area contributed by atoms with Crippen LogP contribution < -0.4 is 5.32 Å². The number of aromatic nitrogens is 3. The Morgan fingerprint density at radius 1 is 1.19 bits per heavy atom. The number of rotatable bonds is 3. The molecule has 2 N–H and O–H groups in total. The Morgan fingerprint density at radius 2 is 2.04 bits per heavy atom. The summed E-state index contributed by atoms with van der Waals surface area (Å²) in [6.07, 6.45) is 5.52. The molecule has 1 atom stereocenters. The minimum atomic E-state index is -0.0691. The summed E-state index contributed by atoms with van der Waals surface area (Å²) in [5.41, 5.74) is 2.24. The van der Waals surface area contributed by atoms with E-state index in [0.717, 1.165) is 29.2 Å². The second-order valence-corrected chi connectivity index (χ2v) is 7.79. The van der Waals surface area contributed by atoms with Gasteiger partial charge in [0.1, 0.15) is 11.4 Å². The largest absolute Gasteiger partial charge is 0.507 e. The number of aryl methyl sites for hydroxylation is 1. The highest BCUT2D eigenvalue weighted by Crippen LogP contribution is 2.35. The molecule has 1 fully saturated rings. The van der Waals surface area contributed by atoms with E-state index < -0.39 is 0 Å². The van der Waals surface area contributed by atoms with Crippen molar-refractivity contribution in [3.05, 3.63) is 42.2 Å². The Hall–Kier alpha value is -2.73. The lowest BCUT2D eigenvalue weighted by Crippen LogP contribution is -2.40. The number of fused-ring (bicyclic) bond motifs is 1. The van der Waals surface area contributed by atoms with Gasteiger partial charge in [-0.2, -0.15) is 0 Å². The van der Waals surface area contributed by atoms with E-state index in [1.165, 1.54) is 0 Å². The van der Waals surface area contributed by atoms with Gasteiger partial charge in [-0.05, 0) is 57.4 Å². The number of hydrogen-bond donors (Lipinski definition) is 2. The fourth-order valence-corrected chi connectivity index (χ4v) is 3.46. The number of anilines is 1. The summed E-state index contributed by atoms with van der Waals surface area (Å²) < 4.78 is 5.92. The number of hydrogen-bond acceptors (Lipinski definition) is 6. The van der Waals surface area contributed by atoms with E-state index in [1.807, 2.05) is 25.1 Å². The summed E-state index contributed by atoms with van der Waals surface area (Å²) >= 11 is 0. The number of ether oxygens (including phenoxy) is 1. The molecule has 3 aromatic rings. The van der Waals surface area contributed by atoms with E-state index >= 15 is 0 Å². The highest BCUT2D eigenvalue weighted by molar-refractivity contribution is 6.00. The summed E-state index contributed by atoms with van der Waals surface area (Å²) in [7, 11) is 0. The first-order chi connectivity index (χ1) is 12.9. The molecular weight excluding hydrogens is 340 g/mol. The first kappa shape index (κ1) is 17.7. The highest BCUT2D eigenvalue weighted by atomic mass is 16.5. The van der Waals surface area contributed by atoms with Gasteiger partial charge >= 0.3 is 0 Å². The molecule has 0 radical (unpaired) electrons. The number of phenols is 1. The molecule has 0 spiro atoms. The fraction of sp³-hybridized carbons (Fsp3) is 0.381. The number of aromatic hydroxyl groups is 1. The van der Waals surface area contributed by atoms with Crippen LogP contribution in [0.25, 0.3) is 22.0 Å². The SMILES string of the molecule is Cc1ccc(-c2nnc(N[C@@H]3CCC(C)(C)OC3)c3cnccc23)c(O)c1. The van der Waals surface area contributed by atoms with Gasteiger partial charge in [0.2, 0.25) is 0 Å². The monoisotopic (exact) mass is 364 g/mol. The maximum absolute atomic E-state index is 10.4. The zero-order valence-corrected chi connectivity index (χ0v) is 15.9. The Kier molecular flexibility index (Phi) is 4.44. The van der Waals surface area contributed by atoms with E-state index in [4.69, 9.17) is 4.74 Å². The van der Waals surface area contributed by atoms with E-state index in [9.17, 15) is 5.11 Å². The van der Waals surface area contributed by atoms with Crippen molar-refractivity contribution in [2.45, 2.75) is 45.3 Å². The fourth-order valence-electron chi connectivity index (χ4n) is 3.46. The van der Waals surface area contributed by atoms with Crippen LogP contribution in [0.15, 0.2) is 36.7 Å². The van der Waals surface area contributed by atoms with Crippen LogP contribution in [-0.4, -0.2) is 38.5 Å². The lowest BCUT2D eigenvalue weighted by atomic mass is 9.95. The first-order valence-electron chi connectivity index (χ1n) is 9.24. The molecule has 140 valence electrons. The summed E-state index contributed by atoms with van der Waals surface area (Å²) in [6, 6.07) is 7.66. The third-order valence-electron chi connectivity index (χ3n) is 5.10. The number of nitrogens with zero attached hydrogens (tertiary/aromatic N) is 3. The van der Waals surface area contributed by atoms with Crippen molar-refractivity contribution in [3.8, 4) is 17.0 Å². The van der Waals surface area contributed by atoms with Crippen molar-refractivity contribution >= 4 is 16.6 Å². The Labute approximate surface area is 158 Å². The van der Waals surface area contributed by atoms with E-state index in [0.29, 0.717) is 23.7 Å². The minimum Gasteiger partial charge on any atom is -0.507 e. The average molecular weight is 364 g/mol. The zero-order chi connectivity index (χ0) is 19.0. The van der Waals surface area contributed by atoms with Crippen molar-refractivity contribution in [2.24, 2.45) is 0 Å². The predicted molar refractivity (Wildman–Crippen MR) is 106 cm³/mol. The van der Waals surface area contributed by atoms with Crippen LogP contribution in [0.2, 0.25) is 0 Å². The summed E-state index contributed by atoms with van der Waals surface area (Å²) in [4.78, 5) is 4.26. The Morgan fingerprint density at radius 3 is 2.78 bits per heavy atom. The Balaban J connectivity index is 1.71. The predicted octanol–water partition coefficient (Wildman–Crippen LogP) is 4.08. The quantitative estimate of drug-likeness (QED) is 0.729. The lowest BCUT2D eigenvalue weighted by molar-refractivity contribution is -0.0563. The molecule has 0 amide bonds. The third-order valence-corrected chi connectivity index (χ3v) is 5.10. The number of benzene rings is 1. The Bertz CT molecular complexity index is 977. The van der Waals surface area contributed by atoms with E-state index in [-0.39, 0.29) is 17.4 Å². The maximum Gasteiger partial charge on any atom is 0.158 e. The molecule has 0 bridgehead atoms. The van der Waals surface area contributed by atoms with Crippen LogP contribution in [0.5, 0.6) is 5.75 Å². The van der Waals surface area contributed by atoms with Crippen LogP contribution in [0, 0.1) is 6.92 Å². The van der Waals surface area contributed by atoms with Gasteiger partial charge in [0, 0.05) is 28.7 Å². The molecule has 2 aromatic heterocycles. The molecule has 4 rings (SSSR count). The molecule has 1 saturated heterocycles. The van der Waals surface area contributed by atoms with Gasteiger partial charge in [-0.25, -0.2) is 0 Å². The molecule has 27 heavy (non-hydrogen) atoms. The van der Waals surface area contributed by atoms with Crippen LogP contribution in [0.3, 0.4) is 0 Å². The smallest absolute Gasteiger partial charge is 0.158 e. The topological polar surface area (TPSA) is 80.2 Å². The van der Waals surface area contributed by atoms with Crippen LogP contribution in [0.4, 0.5) is 5.82 Å². The average Bonchev–Trinajstić information content (AvgIpc) is 2.64. The van der Waals surface area contributed by atoms with Crippen LogP contribution in [0.1, 0.15) is 32.3 Å². The molecule has 1 aliphatic rings. The van der Waals surface area contributed by atoms with Gasteiger partial charge in [-0.1, -0.05) is 6.07 Å². The second kappa shape index (κ2) is 6.78. The van der Waals surface area contributed by atoms with Crippen molar-refractivity contribution in [2.75, 3.05) is 11.9 Å². The maximum atomic E-state index is 10.4. The van der Waals surface area contributed by atoms with Crippen LogP contribution in [-0.2, 0) is 4.74 Å². The normalized spacial score (nSPS) is 19.1. The molecule has 3 heterocycles. The molecule has 1 aliphatic heterocycles. The highest BCUT2D eigenvalue weighted by Gasteiger charge is 2.28. The minimum absolute atomic E-state index is 0.0691. The van der Waals surface area contributed by atoms with Gasteiger partial charge in [0.05, 0.1) is 18.2 Å². The molecule has 0 unspecified atom stereocenters. The summed E-state index contributed by atoms with van der Waals surface area (Å²) in [5, 5.41) is 24.4. The van der Waals surface area contributed by atoms with Gasteiger partial charge < -0.3 is 15.2 Å². The van der Waals surface area contributed by atoms with E-state index in [2.05, 4.69) is 34.3 Å².